The number of rotatable bonds is 12. The molecule has 0 atom stereocenters. The van der Waals surface area contributed by atoms with E-state index >= 15 is 0 Å². The fourth-order valence-corrected chi connectivity index (χ4v) is 3.25. The van der Waals surface area contributed by atoms with Crippen LogP contribution in [0.4, 0.5) is 5.69 Å². The van der Waals surface area contributed by atoms with Crippen molar-refractivity contribution in [1.29, 1.82) is 0 Å². The third kappa shape index (κ3) is 6.12. The molecule has 0 radical (unpaired) electrons. The van der Waals surface area contributed by atoms with Crippen LogP contribution >= 0.6 is 0 Å². The van der Waals surface area contributed by atoms with Gasteiger partial charge in [0.2, 0.25) is 0 Å². The number of H-pyrrole nitrogens is 1. The Hall–Kier alpha value is -2.30. The van der Waals surface area contributed by atoms with Crippen LogP contribution in [0.3, 0.4) is 0 Å². The van der Waals surface area contributed by atoms with Crippen LogP contribution in [0.25, 0.3) is 10.9 Å². The van der Waals surface area contributed by atoms with Crippen LogP contribution < -0.4 is 16.2 Å². The average Bonchev–Trinajstić information content (AvgIpc) is 2.67. The van der Waals surface area contributed by atoms with Crippen molar-refractivity contribution in [3.8, 4) is 0 Å². The Labute approximate surface area is 161 Å². The van der Waals surface area contributed by atoms with E-state index in [9.17, 15) is 9.59 Å². The van der Waals surface area contributed by atoms with E-state index in [1.54, 1.807) is 0 Å². The highest BCUT2D eigenvalue weighted by molar-refractivity contribution is 6.06. The number of carbonyl (C=O) groups is 1. The zero-order chi connectivity index (χ0) is 19.5. The van der Waals surface area contributed by atoms with Gasteiger partial charge in [-0.15, -0.1) is 0 Å². The number of pyridine rings is 1. The molecule has 148 valence electrons. The number of amides is 1. The highest BCUT2D eigenvalue weighted by atomic mass is 16.2. The standard InChI is InChI=1S/C22H33N3O2/c1-3-5-7-11-15-23-20-17-13-9-10-14-18(17)25-22(27)19(20)21(26)24-16-12-8-6-4-2/h9-10,13-14H,3-8,11-12,15-16H2,1-2H3,(H,24,26)(H2,23,25,27). The van der Waals surface area contributed by atoms with Crippen LogP contribution in [0.5, 0.6) is 0 Å². The Balaban J connectivity index is 2.19. The monoisotopic (exact) mass is 371 g/mol. The molecule has 0 aliphatic heterocycles. The molecule has 5 heteroatoms. The smallest absolute Gasteiger partial charge is 0.263 e. The first-order valence-electron chi connectivity index (χ1n) is 10.4. The molecule has 3 N–H and O–H groups in total. The first-order valence-corrected chi connectivity index (χ1v) is 10.4. The van der Waals surface area contributed by atoms with Crippen LogP contribution in [0.15, 0.2) is 29.1 Å². The normalized spacial score (nSPS) is 10.9. The molecule has 0 aliphatic rings. The number of hydrogen-bond donors (Lipinski definition) is 3. The fourth-order valence-electron chi connectivity index (χ4n) is 3.25. The van der Waals surface area contributed by atoms with Gasteiger partial charge in [-0.2, -0.15) is 0 Å². The van der Waals surface area contributed by atoms with Crippen molar-refractivity contribution in [2.45, 2.75) is 65.2 Å². The number of nitrogens with one attached hydrogen (secondary N) is 3. The first-order chi connectivity index (χ1) is 13.2. The lowest BCUT2D eigenvalue weighted by Gasteiger charge is -2.14. The van der Waals surface area contributed by atoms with Crippen molar-refractivity contribution in [3.05, 3.63) is 40.2 Å². The second-order valence-electron chi connectivity index (χ2n) is 7.05. The van der Waals surface area contributed by atoms with Crippen molar-refractivity contribution in [3.63, 3.8) is 0 Å². The number of hydrogen-bond acceptors (Lipinski definition) is 3. The van der Waals surface area contributed by atoms with E-state index in [0.29, 0.717) is 12.2 Å². The summed E-state index contributed by atoms with van der Waals surface area (Å²) in [4.78, 5) is 28.2. The predicted molar refractivity (Wildman–Crippen MR) is 114 cm³/mol. The minimum atomic E-state index is -0.337. The van der Waals surface area contributed by atoms with Gasteiger partial charge in [-0.3, -0.25) is 9.59 Å². The molecular formula is C22H33N3O2. The molecule has 0 spiro atoms. The number of aromatic nitrogens is 1. The molecule has 1 aromatic heterocycles. The van der Waals surface area contributed by atoms with E-state index in [0.717, 1.165) is 56.0 Å². The summed E-state index contributed by atoms with van der Waals surface area (Å²) in [5.74, 6) is -0.297. The first kappa shape index (κ1) is 21.0. The summed E-state index contributed by atoms with van der Waals surface area (Å²) in [6, 6.07) is 7.62. The van der Waals surface area contributed by atoms with E-state index in [2.05, 4.69) is 29.5 Å². The molecule has 0 aliphatic carbocycles. The highest BCUT2D eigenvalue weighted by Crippen LogP contribution is 2.24. The van der Waals surface area contributed by atoms with Gasteiger partial charge in [0.1, 0.15) is 5.56 Å². The van der Waals surface area contributed by atoms with Gasteiger partial charge in [-0.05, 0) is 18.9 Å². The van der Waals surface area contributed by atoms with Gasteiger partial charge in [-0.1, -0.05) is 70.6 Å². The van der Waals surface area contributed by atoms with Crippen molar-refractivity contribution >= 4 is 22.5 Å². The molecule has 0 fully saturated rings. The van der Waals surface area contributed by atoms with Gasteiger partial charge in [-0.25, -0.2) is 0 Å². The Morgan fingerprint density at radius 3 is 2.30 bits per heavy atom. The third-order valence-corrected chi connectivity index (χ3v) is 4.80. The highest BCUT2D eigenvalue weighted by Gasteiger charge is 2.18. The fraction of sp³-hybridized carbons (Fsp3) is 0.545. The predicted octanol–water partition coefficient (Wildman–Crippen LogP) is 4.83. The summed E-state index contributed by atoms with van der Waals surface area (Å²) >= 11 is 0. The molecule has 1 aromatic carbocycles. The number of benzene rings is 1. The molecule has 1 heterocycles. The third-order valence-electron chi connectivity index (χ3n) is 4.80. The molecule has 0 bridgehead atoms. The van der Waals surface area contributed by atoms with Gasteiger partial charge in [0.25, 0.3) is 11.5 Å². The lowest BCUT2D eigenvalue weighted by molar-refractivity contribution is 0.0952. The van der Waals surface area contributed by atoms with E-state index < -0.39 is 0 Å². The average molecular weight is 372 g/mol. The maximum Gasteiger partial charge on any atom is 0.263 e. The Bertz CT molecular complexity index is 783. The topological polar surface area (TPSA) is 74.0 Å². The van der Waals surface area contributed by atoms with E-state index in [1.165, 1.54) is 12.8 Å². The minimum absolute atomic E-state index is 0.194. The second-order valence-corrected chi connectivity index (χ2v) is 7.05. The largest absolute Gasteiger partial charge is 0.384 e. The summed E-state index contributed by atoms with van der Waals surface area (Å²) in [6.07, 6.45) is 8.89. The lowest BCUT2D eigenvalue weighted by atomic mass is 10.1. The summed E-state index contributed by atoms with van der Waals surface area (Å²) < 4.78 is 0. The van der Waals surface area contributed by atoms with E-state index in [4.69, 9.17) is 0 Å². The maximum absolute atomic E-state index is 12.7. The van der Waals surface area contributed by atoms with Crippen molar-refractivity contribution in [2.75, 3.05) is 18.4 Å². The van der Waals surface area contributed by atoms with Crippen LogP contribution in [0.1, 0.15) is 75.6 Å². The Kier molecular flexibility index (Phi) is 8.89. The Morgan fingerprint density at radius 2 is 1.59 bits per heavy atom. The maximum atomic E-state index is 12.7. The molecule has 2 rings (SSSR count). The van der Waals surface area contributed by atoms with Crippen LogP contribution in [0, 0.1) is 0 Å². The van der Waals surface area contributed by atoms with Gasteiger partial charge in [0, 0.05) is 18.5 Å². The van der Waals surface area contributed by atoms with Crippen LogP contribution in [-0.2, 0) is 0 Å². The van der Waals surface area contributed by atoms with Crippen LogP contribution in [0.2, 0.25) is 0 Å². The molecule has 0 saturated heterocycles. The number of carbonyl (C=O) groups excluding carboxylic acids is 1. The minimum Gasteiger partial charge on any atom is -0.384 e. The molecule has 0 unspecified atom stereocenters. The zero-order valence-electron chi connectivity index (χ0n) is 16.7. The van der Waals surface area contributed by atoms with Gasteiger partial charge in [0.15, 0.2) is 0 Å². The van der Waals surface area contributed by atoms with Crippen LogP contribution in [-0.4, -0.2) is 24.0 Å². The van der Waals surface area contributed by atoms with E-state index in [-0.39, 0.29) is 17.0 Å². The van der Waals surface area contributed by atoms with Gasteiger partial charge >= 0.3 is 0 Å². The Morgan fingerprint density at radius 1 is 0.926 bits per heavy atom. The summed E-state index contributed by atoms with van der Waals surface area (Å²) in [5, 5.41) is 7.16. The van der Waals surface area contributed by atoms with Crippen molar-refractivity contribution in [1.82, 2.24) is 10.3 Å². The molecule has 1 amide bonds. The molecule has 5 nitrogen and oxygen atoms in total. The van der Waals surface area contributed by atoms with Crippen molar-refractivity contribution < 1.29 is 4.79 Å². The lowest BCUT2D eigenvalue weighted by Crippen LogP contribution is -2.32. The SMILES string of the molecule is CCCCCCNC(=O)c1c(NCCCCCC)c2ccccc2[nH]c1=O. The van der Waals surface area contributed by atoms with E-state index in [1.807, 2.05) is 24.3 Å². The molecule has 2 aromatic rings. The summed E-state index contributed by atoms with van der Waals surface area (Å²) in [7, 11) is 0. The second kappa shape index (κ2) is 11.4. The molecule has 27 heavy (non-hydrogen) atoms. The molecule has 0 saturated carbocycles. The number of anilines is 1. The van der Waals surface area contributed by atoms with Crippen molar-refractivity contribution in [2.24, 2.45) is 0 Å². The molecular weight excluding hydrogens is 338 g/mol. The zero-order valence-corrected chi connectivity index (χ0v) is 16.7. The number of unbranched alkanes of at least 4 members (excludes halogenated alkanes) is 6. The van der Waals surface area contributed by atoms with Gasteiger partial charge in [0.05, 0.1) is 11.2 Å². The number of fused-ring (bicyclic) bond motifs is 1. The summed E-state index contributed by atoms with van der Waals surface area (Å²) in [5.41, 5.74) is 1.26. The summed E-state index contributed by atoms with van der Waals surface area (Å²) in [6.45, 7) is 5.69. The van der Waals surface area contributed by atoms with Gasteiger partial charge < -0.3 is 15.6 Å². The number of aromatic amines is 1. The number of para-hydroxylation sites is 1. The quantitative estimate of drug-likeness (QED) is 0.468.